The molecule has 31 heavy (non-hydrogen) atoms. The van der Waals surface area contributed by atoms with Gasteiger partial charge in [-0.1, -0.05) is 12.1 Å². The van der Waals surface area contributed by atoms with Gasteiger partial charge in [0.05, 0.1) is 11.5 Å². The highest BCUT2D eigenvalue weighted by molar-refractivity contribution is 5.96. The number of carbonyl (C=O) groups excluding carboxylic acids is 2. The van der Waals surface area contributed by atoms with Gasteiger partial charge < -0.3 is 20.3 Å². The Labute approximate surface area is 187 Å². The van der Waals surface area contributed by atoms with Crippen molar-refractivity contribution in [2.45, 2.75) is 12.8 Å². The zero-order valence-electron chi connectivity index (χ0n) is 17.4. The number of benzene rings is 2. The average Bonchev–Trinajstić information content (AvgIpc) is 3.18. The summed E-state index contributed by atoms with van der Waals surface area (Å²) in [6, 6.07) is 11.7. The Bertz CT molecular complexity index is 954. The van der Waals surface area contributed by atoms with Crippen LogP contribution in [-0.2, 0) is 11.2 Å². The first kappa shape index (κ1) is 23.0. The van der Waals surface area contributed by atoms with E-state index in [1.807, 2.05) is 24.3 Å². The van der Waals surface area contributed by atoms with Crippen molar-refractivity contribution < 1.29 is 18.7 Å². The fraction of sp³-hybridized carbons (Fsp3) is 0.391. The number of piperidine rings is 1. The van der Waals surface area contributed by atoms with E-state index in [0.717, 1.165) is 18.4 Å². The third kappa shape index (κ3) is 4.83. The number of likely N-dealkylation sites (tertiary alicyclic amines) is 2. The third-order valence-electron chi connectivity index (χ3n) is 6.02. The quantitative estimate of drug-likeness (QED) is 0.764. The number of hydrogen-bond acceptors (Lipinski definition) is 4. The monoisotopic (exact) mass is 447 g/mol. The molecule has 2 aromatic carbocycles. The molecule has 2 amide bonds. The first-order chi connectivity index (χ1) is 14.5. The number of ether oxygens (including phenoxy) is 1. The lowest BCUT2D eigenvalue weighted by atomic mass is 9.88. The van der Waals surface area contributed by atoms with Crippen molar-refractivity contribution in [3.63, 3.8) is 0 Å². The molecule has 2 fully saturated rings. The molecule has 2 aromatic rings. The van der Waals surface area contributed by atoms with E-state index in [-0.39, 0.29) is 35.7 Å². The molecule has 2 atom stereocenters. The zero-order valence-corrected chi connectivity index (χ0v) is 18.2. The topological polar surface area (TPSA) is 75.9 Å². The lowest BCUT2D eigenvalue weighted by Crippen LogP contribution is -2.42. The van der Waals surface area contributed by atoms with Crippen LogP contribution in [0.25, 0.3) is 0 Å². The summed E-state index contributed by atoms with van der Waals surface area (Å²) in [6.07, 6.45) is 1.65. The molecule has 2 heterocycles. The van der Waals surface area contributed by atoms with E-state index in [4.69, 9.17) is 10.5 Å². The van der Waals surface area contributed by atoms with Crippen LogP contribution >= 0.6 is 12.4 Å². The van der Waals surface area contributed by atoms with Gasteiger partial charge in [-0.3, -0.25) is 9.59 Å². The van der Waals surface area contributed by atoms with Crippen LogP contribution in [0.15, 0.2) is 42.5 Å². The van der Waals surface area contributed by atoms with Crippen LogP contribution in [-0.4, -0.2) is 54.8 Å². The van der Waals surface area contributed by atoms with E-state index in [1.165, 1.54) is 18.2 Å². The first-order valence-electron chi connectivity index (χ1n) is 10.3. The van der Waals surface area contributed by atoms with Crippen LogP contribution in [0.5, 0.6) is 11.5 Å². The van der Waals surface area contributed by atoms with Crippen molar-refractivity contribution in [3.8, 4) is 11.5 Å². The Hall–Kier alpha value is -2.64. The number of carbonyl (C=O) groups is 2. The van der Waals surface area contributed by atoms with E-state index in [2.05, 4.69) is 0 Å². The maximum absolute atomic E-state index is 14.5. The molecule has 0 radical (unpaired) electrons. The normalized spacial score (nSPS) is 20.3. The van der Waals surface area contributed by atoms with E-state index >= 15 is 0 Å². The number of fused-ring (bicyclic) bond motifs is 1. The second kappa shape index (κ2) is 9.66. The van der Waals surface area contributed by atoms with Crippen LogP contribution < -0.4 is 10.5 Å². The van der Waals surface area contributed by atoms with Gasteiger partial charge in [0.25, 0.3) is 5.91 Å². The van der Waals surface area contributed by atoms with Gasteiger partial charge in [-0.15, -0.1) is 12.4 Å². The van der Waals surface area contributed by atoms with Gasteiger partial charge in [0.15, 0.2) is 0 Å². The van der Waals surface area contributed by atoms with Gasteiger partial charge in [0.2, 0.25) is 5.91 Å². The SMILES string of the molecule is CN1CC[C@@H]2CN(C(=O)c3cc(Oc4ccc(CCN)cc4)ccc3F)C[C@@H]2C1=O.Cl. The second-order valence-corrected chi connectivity index (χ2v) is 8.05. The molecule has 166 valence electrons. The van der Waals surface area contributed by atoms with Crippen molar-refractivity contribution in [1.29, 1.82) is 0 Å². The maximum atomic E-state index is 14.5. The fourth-order valence-corrected chi connectivity index (χ4v) is 4.29. The predicted molar refractivity (Wildman–Crippen MR) is 118 cm³/mol. The minimum absolute atomic E-state index is 0. The van der Waals surface area contributed by atoms with E-state index in [0.29, 0.717) is 37.7 Å². The number of hydrogen-bond donors (Lipinski definition) is 1. The molecule has 0 bridgehead atoms. The van der Waals surface area contributed by atoms with Crippen LogP contribution in [0, 0.1) is 17.7 Å². The summed E-state index contributed by atoms with van der Waals surface area (Å²) in [5, 5.41) is 0. The predicted octanol–water partition coefficient (Wildman–Crippen LogP) is 3.09. The molecule has 0 aromatic heterocycles. The van der Waals surface area contributed by atoms with Gasteiger partial charge in [-0.05, 0) is 61.2 Å². The first-order valence-corrected chi connectivity index (χ1v) is 10.3. The Morgan fingerprint density at radius 2 is 1.87 bits per heavy atom. The maximum Gasteiger partial charge on any atom is 0.256 e. The van der Waals surface area contributed by atoms with E-state index in [9.17, 15) is 14.0 Å². The summed E-state index contributed by atoms with van der Waals surface area (Å²) >= 11 is 0. The molecular formula is C23H27ClFN3O3. The Balaban J connectivity index is 0.00000272. The lowest BCUT2D eigenvalue weighted by molar-refractivity contribution is -0.137. The van der Waals surface area contributed by atoms with Crippen molar-refractivity contribution in [1.82, 2.24) is 9.80 Å². The molecule has 8 heteroatoms. The number of amides is 2. The second-order valence-electron chi connectivity index (χ2n) is 8.05. The van der Waals surface area contributed by atoms with E-state index < -0.39 is 11.7 Å². The standard InChI is InChI=1S/C23H26FN3O3.ClH/c1-26-11-9-16-13-27(14-20(16)22(26)28)23(29)19-12-18(6-7-21(19)24)30-17-4-2-15(3-5-17)8-10-25;/h2-7,12,16,20H,8-11,13-14,25H2,1H3;1H/t16-,20+;/m1./s1. The largest absolute Gasteiger partial charge is 0.457 e. The summed E-state index contributed by atoms with van der Waals surface area (Å²) in [4.78, 5) is 28.7. The molecule has 6 nitrogen and oxygen atoms in total. The Morgan fingerprint density at radius 1 is 1.16 bits per heavy atom. The smallest absolute Gasteiger partial charge is 0.256 e. The van der Waals surface area contributed by atoms with Crippen molar-refractivity contribution in [2.24, 2.45) is 17.6 Å². The van der Waals surface area contributed by atoms with Gasteiger partial charge in [0.1, 0.15) is 17.3 Å². The number of nitrogens with two attached hydrogens (primary N) is 1. The Kier molecular flexibility index (Phi) is 7.18. The molecule has 4 rings (SSSR count). The van der Waals surface area contributed by atoms with Crippen LogP contribution in [0.3, 0.4) is 0 Å². The fourth-order valence-electron chi connectivity index (χ4n) is 4.29. The molecule has 2 saturated heterocycles. The van der Waals surface area contributed by atoms with Crippen LogP contribution in [0.4, 0.5) is 4.39 Å². The average molecular weight is 448 g/mol. The summed E-state index contributed by atoms with van der Waals surface area (Å²) < 4.78 is 20.3. The summed E-state index contributed by atoms with van der Waals surface area (Å²) in [6.45, 7) is 2.09. The van der Waals surface area contributed by atoms with Crippen molar-refractivity contribution in [3.05, 3.63) is 59.4 Å². The highest BCUT2D eigenvalue weighted by Gasteiger charge is 2.43. The molecule has 2 aliphatic heterocycles. The molecule has 0 spiro atoms. The summed E-state index contributed by atoms with van der Waals surface area (Å²) in [5.41, 5.74) is 6.63. The number of halogens is 2. The molecule has 0 saturated carbocycles. The minimum Gasteiger partial charge on any atom is -0.457 e. The summed E-state index contributed by atoms with van der Waals surface area (Å²) in [7, 11) is 1.78. The lowest BCUT2D eigenvalue weighted by Gasteiger charge is -2.30. The zero-order chi connectivity index (χ0) is 21.3. The van der Waals surface area contributed by atoms with Gasteiger partial charge in [0, 0.05) is 26.7 Å². The third-order valence-corrected chi connectivity index (χ3v) is 6.02. The van der Waals surface area contributed by atoms with Crippen LogP contribution in [0.1, 0.15) is 22.3 Å². The van der Waals surface area contributed by atoms with Gasteiger partial charge in [-0.25, -0.2) is 4.39 Å². The van der Waals surface area contributed by atoms with Crippen molar-refractivity contribution in [2.75, 3.05) is 33.2 Å². The van der Waals surface area contributed by atoms with Gasteiger partial charge >= 0.3 is 0 Å². The highest BCUT2D eigenvalue weighted by atomic mass is 35.5. The number of rotatable bonds is 5. The van der Waals surface area contributed by atoms with Crippen molar-refractivity contribution >= 4 is 24.2 Å². The van der Waals surface area contributed by atoms with Gasteiger partial charge in [-0.2, -0.15) is 0 Å². The van der Waals surface area contributed by atoms with E-state index in [1.54, 1.807) is 16.8 Å². The molecule has 0 unspecified atom stereocenters. The molecular weight excluding hydrogens is 421 g/mol. The molecule has 2 N–H and O–H groups in total. The number of nitrogens with zero attached hydrogens (tertiary/aromatic N) is 2. The highest BCUT2D eigenvalue weighted by Crippen LogP contribution is 2.33. The summed E-state index contributed by atoms with van der Waals surface area (Å²) in [5.74, 6) is 0.0111. The minimum atomic E-state index is -0.594. The Morgan fingerprint density at radius 3 is 2.58 bits per heavy atom. The molecule has 0 aliphatic carbocycles. The van der Waals surface area contributed by atoms with Crippen LogP contribution in [0.2, 0.25) is 0 Å². The molecule has 2 aliphatic rings.